The van der Waals surface area contributed by atoms with E-state index in [9.17, 15) is 0 Å². The van der Waals surface area contributed by atoms with E-state index in [1.807, 2.05) is 36.4 Å². The molecule has 0 aliphatic carbocycles. The van der Waals surface area contributed by atoms with Gasteiger partial charge in [0.15, 0.2) is 5.69 Å². The molecule has 2 heterocycles. The van der Waals surface area contributed by atoms with Gasteiger partial charge in [-0.3, -0.25) is 0 Å². The van der Waals surface area contributed by atoms with Gasteiger partial charge in [-0.15, -0.1) is 5.10 Å². The molecule has 20 heavy (non-hydrogen) atoms. The fraction of sp³-hybridized carbons (Fsp3) is 0.0667. The molecular formula is C15H13N3O2. The van der Waals surface area contributed by atoms with Gasteiger partial charge in [0.25, 0.3) is 5.90 Å². The SMILES string of the molecule is COc1cccnc1C1=NN(c2ccccc2)C=CO1. The first-order valence-electron chi connectivity index (χ1n) is 6.14. The van der Waals surface area contributed by atoms with Crippen LogP contribution in [0.25, 0.3) is 0 Å². The minimum Gasteiger partial charge on any atom is -0.494 e. The molecule has 0 fully saturated rings. The van der Waals surface area contributed by atoms with Gasteiger partial charge in [-0.05, 0) is 24.3 Å². The van der Waals surface area contributed by atoms with Gasteiger partial charge in [0, 0.05) is 6.20 Å². The molecule has 0 saturated carbocycles. The Hall–Kier alpha value is -2.82. The Kier molecular flexibility index (Phi) is 3.33. The van der Waals surface area contributed by atoms with E-state index in [1.54, 1.807) is 36.8 Å². The lowest BCUT2D eigenvalue weighted by Crippen LogP contribution is -2.19. The topological polar surface area (TPSA) is 47.0 Å². The second kappa shape index (κ2) is 5.44. The molecule has 1 aliphatic rings. The first-order chi connectivity index (χ1) is 9.88. The Morgan fingerprint density at radius 3 is 2.75 bits per heavy atom. The van der Waals surface area contributed by atoms with E-state index in [4.69, 9.17) is 9.47 Å². The number of aromatic nitrogens is 1. The van der Waals surface area contributed by atoms with E-state index >= 15 is 0 Å². The average Bonchev–Trinajstić information content (AvgIpc) is 2.56. The van der Waals surface area contributed by atoms with Crippen molar-refractivity contribution in [2.75, 3.05) is 12.1 Å². The molecule has 0 amide bonds. The minimum atomic E-state index is 0.397. The van der Waals surface area contributed by atoms with E-state index in [0.717, 1.165) is 5.69 Å². The first-order valence-corrected chi connectivity index (χ1v) is 6.14. The molecule has 1 aromatic heterocycles. The Bertz CT molecular complexity index is 653. The van der Waals surface area contributed by atoms with Crippen molar-refractivity contribution < 1.29 is 9.47 Å². The maximum atomic E-state index is 5.44. The number of anilines is 1. The fourth-order valence-electron chi connectivity index (χ4n) is 1.85. The Morgan fingerprint density at radius 2 is 1.95 bits per heavy atom. The molecule has 1 aliphatic heterocycles. The molecule has 0 saturated heterocycles. The summed E-state index contributed by atoms with van der Waals surface area (Å²) in [5.41, 5.74) is 1.51. The number of ether oxygens (including phenoxy) is 2. The molecular weight excluding hydrogens is 254 g/mol. The molecule has 0 unspecified atom stereocenters. The monoisotopic (exact) mass is 267 g/mol. The molecule has 0 spiro atoms. The van der Waals surface area contributed by atoms with Crippen LogP contribution in [-0.4, -0.2) is 18.0 Å². The lowest BCUT2D eigenvalue weighted by Gasteiger charge is -2.20. The largest absolute Gasteiger partial charge is 0.494 e. The summed E-state index contributed by atoms with van der Waals surface area (Å²) in [4.78, 5) is 4.26. The highest BCUT2D eigenvalue weighted by atomic mass is 16.5. The Labute approximate surface area is 116 Å². The third kappa shape index (κ3) is 2.33. The van der Waals surface area contributed by atoms with Crippen LogP contribution in [0.3, 0.4) is 0 Å². The molecule has 3 rings (SSSR count). The lowest BCUT2D eigenvalue weighted by molar-refractivity contribution is 0.404. The minimum absolute atomic E-state index is 0.397. The maximum Gasteiger partial charge on any atom is 0.266 e. The second-order valence-corrected chi connectivity index (χ2v) is 4.04. The average molecular weight is 267 g/mol. The van der Waals surface area contributed by atoms with E-state index < -0.39 is 0 Å². The molecule has 0 bridgehead atoms. The highest BCUT2D eigenvalue weighted by Gasteiger charge is 2.17. The van der Waals surface area contributed by atoms with Gasteiger partial charge in [-0.25, -0.2) is 9.99 Å². The highest BCUT2D eigenvalue weighted by Crippen LogP contribution is 2.21. The zero-order chi connectivity index (χ0) is 13.8. The van der Waals surface area contributed by atoms with Crippen LogP contribution in [0.1, 0.15) is 5.69 Å². The third-order valence-corrected chi connectivity index (χ3v) is 2.79. The summed E-state index contributed by atoms with van der Waals surface area (Å²) in [6.07, 6.45) is 4.99. The van der Waals surface area contributed by atoms with Gasteiger partial charge in [-0.1, -0.05) is 18.2 Å². The molecule has 0 radical (unpaired) electrons. The number of hydrazone groups is 1. The van der Waals surface area contributed by atoms with Gasteiger partial charge in [0.05, 0.1) is 19.0 Å². The molecule has 1 aromatic carbocycles. The van der Waals surface area contributed by atoms with Crippen LogP contribution in [0.2, 0.25) is 0 Å². The number of nitrogens with zero attached hydrogens (tertiary/aromatic N) is 3. The van der Waals surface area contributed by atoms with Gasteiger partial charge in [-0.2, -0.15) is 0 Å². The summed E-state index contributed by atoms with van der Waals surface area (Å²) in [7, 11) is 1.59. The van der Waals surface area contributed by atoms with Crippen LogP contribution in [0, 0.1) is 0 Å². The van der Waals surface area contributed by atoms with Crippen LogP contribution >= 0.6 is 0 Å². The van der Waals surface area contributed by atoms with Crippen LogP contribution in [0.15, 0.2) is 66.2 Å². The predicted octanol–water partition coefficient (Wildman–Crippen LogP) is 2.76. The van der Waals surface area contributed by atoms with Crippen molar-refractivity contribution in [3.8, 4) is 5.75 Å². The van der Waals surface area contributed by atoms with Crippen molar-refractivity contribution in [2.24, 2.45) is 5.10 Å². The normalized spacial score (nSPS) is 13.7. The number of methoxy groups -OCH3 is 1. The molecule has 5 nitrogen and oxygen atoms in total. The molecule has 0 atom stereocenters. The summed E-state index contributed by atoms with van der Waals surface area (Å²) < 4.78 is 10.7. The summed E-state index contributed by atoms with van der Waals surface area (Å²) in [6, 6.07) is 13.4. The highest BCUT2D eigenvalue weighted by molar-refractivity contribution is 5.96. The number of pyridine rings is 1. The smallest absolute Gasteiger partial charge is 0.266 e. The molecule has 5 heteroatoms. The van der Waals surface area contributed by atoms with Crippen LogP contribution in [0.5, 0.6) is 5.75 Å². The van der Waals surface area contributed by atoms with Crippen molar-refractivity contribution in [2.45, 2.75) is 0 Å². The summed E-state index contributed by atoms with van der Waals surface area (Å²) >= 11 is 0. The summed E-state index contributed by atoms with van der Waals surface area (Å²) in [5, 5.41) is 6.16. The number of hydrogen-bond donors (Lipinski definition) is 0. The zero-order valence-electron chi connectivity index (χ0n) is 10.9. The van der Waals surface area contributed by atoms with E-state index in [2.05, 4.69) is 10.1 Å². The van der Waals surface area contributed by atoms with Crippen molar-refractivity contribution in [3.63, 3.8) is 0 Å². The van der Waals surface area contributed by atoms with Crippen LogP contribution in [0.4, 0.5) is 5.69 Å². The van der Waals surface area contributed by atoms with Crippen LogP contribution in [-0.2, 0) is 4.74 Å². The third-order valence-electron chi connectivity index (χ3n) is 2.79. The number of rotatable bonds is 3. The lowest BCUT2D eigenvalue weighted by atomic mass is 10.3. The molecule has 2 aromatic rings. The Balaban J connectivity index is 1.97. The number of para-hydroxylation sites is 1. The summed E-state index contributed by atoms with van der Waals surface area (Å²) in [6.45, 7) is 0. The fourth-order valence-corrected chi connectivity index (χ4v) is 1.85. The first kappa shape index (κ1) is 12.2. The van der Waals surface area contributed by atoms with E-state index in [-0.39, 0.29) is 0 Å². The molecule has 0 N–H and O–H groups in total. The maximum absolute atomic E-state index is 5.44. The zero-order valence-corrected chi connectivity index (χ0v) is 10.9. The van der Waals surface area contributed by atoms with Gasteiger partial charge >= 0.3 is 0 Å². The van der Waals surface area contributed by atoms with Crippen molar-refractivity contribution in [3.05, 3.63) is 66.8 Å². The second-order valence-electron chi connectivity index (χ2n) is 4.04. The van der Waals surface area contributed by atoms with Crippen LogP contribution < -0.4 is 9.75 Å². The van der Waals surface area contributed by atoms with Crippen molar-refractivity contribution in [1.82, 2.24) is 4.98 Å². The van der Waals surface area contributed by atoms with Crippen molar-refractivity contribution in [1.29, 1.82) is 0 Å². The van der Waals surface area contributed by atoms with Gasteiger partial charge in [0.1, 0.15) is 12.0 Å². The quantitative estimate of drug-likeness (QED) is 0.858. The van der Waals surface area contributed by atoms with Gasteiger partial charge < -0.3 is 9.47 Å². The molecule has 100 valence electrons. The number of benzene rings is 1. The van der Waals surface area contributed by atoms with Crippen molar-refractivity contribution >= 4 is 11.6 Å². The predicted molar refractivity (Wildman–Crippen MR) is 76.5 cm³/mol. The Morgan fingerprint density at radius 1 is 1.10 bits per heavy atom. The van der Waals surface area contributed by atoms with Gasteiger partial charge in [0.2, 0.25) is 0 Å². The standard InChI is InChI=1S/C15H13N3O2/c1-19-13-8-5-9-16-14(13)15-17-18(10-11-20-15)12-6-3-2-4-7-12/h2-11H,1H3. The van der Waals surface area contributed by atoms with E-state index in [0.29, 0.717) is 17.3 Å². The van der Waals surface area contributed by atoms with E-state index in [1.165, 1.54) is 0 Å². The summed E-state index contributed by atoms with van der Waals surface area (Å²) in [5.74, 6) is 1.02. The number of hydrogen-bond acceptors (Lipinski definition) is 5.